The Morgan fingerprint density at radius 1 is 0.941 bits per heavy atom. The van der Waals surface area contributed by atoms with Crippen LogP contribution in [0.5, 0.6) is 0 Å². The molecule has 1 rings (SSSR count). The van der Waals surface area contributed by atoms with Gasteiger partial charge in [0.2, 0.25) is 0 Å². The van der Waals surface area contributed by atoms with Crippen LogP contribution in [0.3, 0.4) is 0 Å². The summed E-state index contributed by atoms with van der Waals surface area (Å²) in [5.74, 6) is 0. The number of methoxy groups -OCH3 is 2. The third-order valence-electron chi connectivity index (χ3n) is 2.68. The summed E-state index contributed by atoms with van der Waals surface area (Å²) in [6.07, 6.45) is 0. The van der Waals surface area contributed by atoms with E-state index < -0.39 is 0 Å². The molecule has 0 N–H and O–H groups in total. The summed E-state index contributed by atoms with van der Waals surface area (Å²) < 4.78 is 15.2. The number of amides is 2. The van der Waals surface area contributed by atoms with Gasteiger partial charge < -0.3 is 24.0 Å². The quantitative estimate of drug-likeness (QED) is 0.539. The van der Waals surface area contributed by atoms with Crippen LogP contribution in [0.25, 0.3) is 0 Å². The highest BCUT2D eigenvalue weighted by molar-refractivity contribution is 5.76. The van der Waals surface area contributed by atoms with E-state index >= 15 is 0 Å². The Morgan fingerprint density at radius 3 is 2.12 bits per heavy atom. The van der Waals surface area contributed by atoms with Crippen LogP contribution >= 0.6 is 0 Å². The van der Waals surface area contributed by atoms with Crippen molar-refractivity contribution < 1.29 is 19.0 Å². The number of hydrogen-bond acceptors (Lipinski definition) is 4. The zero-order valence-electron chi connectivity index (χ0n) is 10.7. The number of urea groups is 1. The number of nitrogens with zero attached hydrogens (tertiary/aromatic N) is 2. The Balaban J connectivity index is 2.12. The Bertz CT molecular complexity index is 226. The molecular formula is C11H22N2O4. The van der Waals surface area contributed by atoms with Crippen LogP contribution in [0, 0.1) is 0 Å². The van der Waals surface area contributed by atoms with Crippen molar-refractivity contribution in [3.8, 4) is 0 Å². The van der Waals surface area contributed by atoms with Crippen LogP contribution in [0.4, 0.5) is 4.79 Å². The molecule has 100 valence electrons. The van der Waals surface area contributed by atoms with E-state index in [0.29, 0.717) is 39.5 Å². The van der Waals surface area contributed by atoms with Crippen molar-refractivity contribution in [3.63, 3.8) is 0 Å². The van der Waals surface area contributed by atoms with Gasteiger partial charge in [-0.15, -0.1) is 0 Å². The second kappa shape index (κ2) is 8.27. The van der Waals surface area contributed by atoms with E-state index in [1.807, 2.05) is 4.90 Å². The number of hydrogen-bond donors (Lipinski definition) is 0. The van der Waals surface area contributed by atoms with Crippen LogP contribution in [-0.2, 0) is 14.2 Å². The number of ether oxygens (including phenoxy) is 3. The summed E-state index contributed by atoms with van der Waals surface area (Å²) in [4.78, 5) is 15.5. The molecule has 0 aromatic rings. The number of rotatable bonds is 9. The molecule has 1 aliphatic rings. The summed E-state index contributed by atoms with van der Waals surface area (Å²) in [7, 11) is 3.28. The molecule has 0 unspecified atom stereocenters. The smallest absolute Gasteiger partial charge is 0.320 e. The largest absolute Gasteiger partial charge is 0.383 e. The predicted octanol–water partition coefficient (Wildman–Crippen LogP) is 0.0334. The van der Waals surface area contributed by atoms with Gasteiger partial charge in [0.15, 0.2) is 0 Å². The van der Waals surface area contributed by atoms with Gasteiger partial charge in [-0.25, -0.2) is 4.79 Å². The third-order valence-corrected chi connectivity index (χ3v) is 2.68. The average molecular weight is 246 g/mol. The van der Waals surface area contributed by atoms with Gasteiger partial charge in [0.25, 0.3) is 0 Å². The molecule has 1 heterocycles. The molecule has 17 heavy (non-hydrogen) atoms. The van der Waals surface area contributed by atoms with Crippen molar-refractivity contribution in [2.75, 3.05) is 66.8 Å². The topological polar surface area (TPSA) is 51.2 Å². The van der Waals surface area contributed by atoms with Gasteiger partial charge in [-0.3, -0.25) is 0 Å². The lowest BCUT2D eigenvalue weighted by atomic mass is 10.5. The van der Waals surface area contributed by atoms with Crippen LogP contribution in [-0.4, -0.2) is 82.7 Å². The lowest BCUT2D eigenvalue weighted by Gasteiger charge is -2.18. The van der Waals surface area contributed by atoms with E-state index in [0.717, 1.165) is 13.1 Å². The zero-order valence-corrected chi connectivity index (χ0v) is 10.7. The first-order chi connectivity index (χ1) is 8.29. The molecule has 2 amide bonds. The fourth-order valence-electron chi connectivity index (χ4n) is 1.67. The van der Waals surface area contributed by atoms with Crippen molar-refractivity contribution in [1.82, 2.24) is 9.80 Å². The summed E-state index contributed by atoms with van der Waals surface area (Å²) >= 11 is 0. The van der Waals surface area contributed by atoms with Gasteiger partial charge in [0, 0.05) is 40.4 Å². The molecular weight excluding hydrogens is 224 g/mol. The highest BCUT2D eigenvalue weighted by Crippen LogP contribution is 2.07. The molecule has 0 aromatic carbocycles. The van der Waals surface area contributed by atoms with E-state index in [9.17, 15) is 4.79 Å². The molecule has 0 radical (unpaired) electrons. The maximum atomic E-state index is 11.8. The van der Waals surface area contributed by atoms with Gasteiger partial charge in [0.1, 0.15) is 0 Å². The van der Waals surface area contributed by atoms with Crippen LogP contribution in [0.1, 0.15) is 0 Å². The standard InChI is InChI=1S/C11H22N2O4/c1-15-7-5-12-3-4-13(11(12)14)6-8-17-10-9-16-2/h3-10H2,1-2H3. The Hall–Kier alpha value is -0.850. The summed E-state index contributed by atoms with van der Waals surface area (Å²) in [6, 6.07) is 0.0809. The monoisotopic (exact) mass is 246 g/mol. The van der Waals surface area contributed by atoms with Gasteiger partial charge in [-0.2, -0.15) is 0 Å². The highest BCUT2D eigenvalue weighted by atomic mass is 16.5. The van der Waals surface area contributed by atoms with Gasteiger partial charge in [-0.05, 0) is 0 Å². The fourth-order valence-corrected chi connectivity index (χ4v) is 1.67. The lowest BCUT2D eigenvalue weighted by molar-refractivity contribution is 0.0628. The van der Waals surface area contributed by atoms with Crippen molar-refractivity contribution in [1.29, 1.82) is 0 Å². The summed E-state index contributed by atoms with van der Waals surface area (Å²) in [5.41, 5.74) is 0. The lowest BCUT2D eigenvalue weighted by Crippen LogP contribution is -2.35. The van der Waals surface area contributed by atoms with Crippen molar-refractivity contribution >= 4 is 6.03 Å². The number of carbonyl (C=O) groups excluding carboxylic acids is 1. The fraction of sp³-hybridized carbons (Fsp3) is 0.909. The molecule has 0 spiro atoms. The summed E-state index contributed by atoms with van der Waals surface area (Å²) in [6.45, 7) is 5.18. The SMILES string of the molecule is COCCOCCN1CCN(CCOC)C1=O. The Morgan fingerprint density at radius 2 is 1.53 bits per heavy atom. The van der Waals surface area contributed by atoms with Gasteiger partial charge in [0.05, 0.1) is 26.4 Å². The molecule has 0 aliphatic carbocycles. The third kappa shape index (κ3) is 4.89. The molecule has 6 heteroatoms. The van der Waals surface area contributed by atoms with Crippen molar-refractivity contribution in [3.05, 3.63) is 0 Å². The molecule has 0 bridgehead atoms. The minimum Gasteiger partial charge on any atom is -0.383 e. The van der Waals surface area contributed by atoms with Crippen LogP contribution < -0.4 is 0 Å². The average Bonchev–Trinajstić information content (AvgIpc) is 2.68. The first-order valence-corrected chi connectivity index (χ1v) is 5.89. The molecule has 0 aromatic heterocycles. The van der Waals surface area contributed by atoms with E-state index in [-0.39, 0.29) is 6.03 Å². The van der Waals surface area contributed by atoms with Crippen LogP contribution in [0.15, 0.2) is 0 Å². The van der Waals surface area contributed by atoms with E-state index in [4.69, 9.17) is 14.2 Å². The molecule has 1 saturated heterocycles. The Kier molecular flexibility index (Phi) is 6.91. The van der Waals surface area contributed by atoms with Gasteiger partial charge in [-0.1, -0.05) is 0 Å². The van der Waals surface area contributed by atoms with Crippen LogP contribution in [0.2, 0.25) is 0 Å². The predicted molar refractivity (Wildman–Crippen MR) is 63.1 cm³/mol. The van der Waals surface area contributed by atoms with Gasteiger partial charge >= 0.3 is 6.03 Å². The molecule has 6 nitrogen and oxygen atoms in total. The molecule has 0 saturated carbocycles. The number of carbonyl (C=O) groups is 1. The highest BCUT2D eigenvalue weighted by Gasteiger charge is 2.27. The van der Waals surface area contributed by atoms with E-state index in [1.54, 1.807) is 19.1 Å². The van der Waals surface area contributed by atoms with Crippen molar-refractivity contribution in [2.45, 2.75) is 0 Å². The zero-order chi connectivity index (χ0) is 12.5. The summed E-state index contributed by atoms with van der Waals surface area (Å²) in [5, 5.41) is 0. The second-order valence-corrected chi connectivity index (χ2v) is 3.85. The maximum absolute atomic E-state index is 11.8. The second-order valence-electron chi connectivity index (χ2n) is 3.85. The minimum atomic E-state index is 0.0809. The van der Waals surface area contributed by atoms with E-state index in [2.05, 4.69) is 0 Å². The van der Waals surface area contributed by atoms with E-state index in [1.165, 1.54) is 0 Å². The van der Waals surface area contributed by atoms with Crippen molar-refractivity contribution in [2.24, 2.45) is 0 Å². The first kappa shape index (κ1) is 14.2. The molecule has 1 aliphatic heterocycles. The molecule has 0 atom stereocenters. The minimum absolute atomic E-state index is 0.0809. The maximum Gasteiger partial charge on any atom is 0.320 e. The Labute approximate surface area is 102 Å². The first-order valence-electron chi connectivity index (χ1n) is 5.89. The normalized spacial score (nSPS) is 16.0. The molecule has 1 fully saturated rings.